The molecule has 0 unspecified atom stereocenters. The van der Waals surface area contributed by atoms with Gasteiger partial charge in [0.25, 0.3) is 0 Å². The molecule has 180 valence electrons. The second-order valence-electron chi connectivity index (χ2n) is 8.66. The molecular weight excluding hydrogens is 476 g/mol. The van der Waals surface area contributed by atoms with Gasteiger partial charge in [-0.1, -0.05) is 90.0 Å². The highest BCUT2D eigenvalue weighted by atomic mass is 35.5. The Bertz CT molecular complexity index is 1310. The van der Waals surface area contributed by atoms with Crippen molar-refractivity contribution in [3.8, 4) is 0 Å². The van der Waals surface area contributed by atoms with Gasteiger partial charge in [0.05, 0.1) is 4.90 Å². The molecule has 1 N–H and O–H groups in total. The third-order valence-electron chi connectivity index (χ3n) is 5.83. The zero-order valence-corrected chi connectivity index (χ0v) is 21.2. The molecule has 0 heterocycles. The van der Waals surface area contributed by atoms with Crippen molar-refractivity contribution < 1.29 is 8.42 Å². The van der Waals surface area contributed by atoms with Crippen LogP contribution in [0.2, 0.25) is 5.02 Å². The Morgan fingerprint density at radius 2 is 1.37 bits per heavy atom. The highest BCUT2D eigenvalue weighted by Gasteiger charge is 2.23. The molecule has 0 spiro atoms. The topological polar surface area (TPSA) is 49.4 Å². The second-order valence-corrected chi connectivity index (χ2v) is 10.8. The summed E-state index contributed by atoms with van der Waals surface area (Å²) >= 11 is 6.09. The number of hydrogen-bond acceptors (Lipinski definition) is 3. The minimum absolute atomic E-state index is 0.269. The fourth-order valence-electron chi connectivity index (χ4n) is 4.02. The van der Waals surface area contributed by atoms with Crippen molar-refractivity contribution in [3.05, 3.63) is 131 Å². The number of anilines is 1. The Balaban J connectivity index is 1.64. The van der Waals surface area contributed by atoms with Crippen LogP contribution in [0.5, 0.6) is 0 Å². The van der Waals surface area contributed by atoms with Gasteiger partial charge in [0, 0.05) is 29.8 Å². The first-order valence-corrected chi connectivity index (χ1v) is 13.4. The van der Waals surface area contributed by atoms with Crippen LogP contribution in [0, 0.1) is 6.92 Å². The van der Waals surface area contributed by atoms with Crippen LogP contribution in [0.15, 0.2) is 114 Å². The lowest BCUT2D eigenvalue weighted by molar-refractivity contribution is 0.536. The Labute approximate surface area is 213 Å². The average Bonchev–Trinajstić information content (AvgIpc) is 2.86. The number of halogens is 1. The molecule has 0 aromatic heterocycles. The van der Waals surface area contributed by atoms with Crippen molar-refractivity contribution in [2.45, 2.75) is 30.8 Å². The quantitative estimate of drug-likeness (QED) is 0.278. The van der Waals surface area contributed by atoms with E-state index in [0.29, 0.717) is 24.5 Å². The first kappa shape index (κ1) is 25.0. The van der Waals surface area contributed by atoms with Crippen molar-refractivity contribution in [1.82, 2.24) is 4.72 Å². The molecule has 0 radical (unpaired) electrons. The van der Waals surface area contributed by atoms with Crippen molar-refractivity contribution in [2.75, 3.05) is 11.4 Å². The van der Waals surface area contributed by atoms with E-state index in [0.717, 1.165) is 22.4 Å². The van der Waals surface area contributed by atoms with Crippen LogP contribution in [-0.2, 0) is 23.0 Å². The first-order chi connectivity index (χ1) is 16.9. The minimum atomic E-state index is -3.70. The summed E-state index contributed by atoms with van der Waals surface area (Å²) in [6, 6.07) is 34.4. The summed E-state index contributed by atoms with van der Waals surface area (Å²) < 4.78 is 29.6. The van der Waals surface area contributed by atoms with Crippen LogP contribution in [0.4, 0.5) is 5.69 Å². The van der Waals surface area contributed by atoms with Crippen molar-refractivity contribution in [2.24, 2.45) is 0 Å². The largest absolute Gasteiger partial charge is 0.366 e. The highest BCUT2D eigenvalue weighted by molar-refractivity contribution is 7.89. The maximum atomic E-state index is 13.3. The molecular formula is C29H29ClN2O2S. The van der Waals surface area contributed by atoms with E-state index in [1.807, 2.05) is 104 Å². The van der Waals surface area contributed by atoms with Gasteiger partial charge in [-0.3, -0.25) is 0 Å². The molecule has 1 atom stereocenters. The summed E-state index contributed by atoms with van der Waals surface area (Å²) in [5.74, 6) is 0. The van der Waals surface area contributed by atoms with E-state index < -0.39 is 10.0 Å². The first-order valence-electron chi connectivity index (χ1n) is 11.6. The maximum Gasteiger partial charge on any atom is 0.240 e. The number of benzene rings is 4. The number of aryl methyl sites for hydroxylation is 1. The summed E-state index contributed by atoms with van der Waals surface area (Å²) in [7, 11) is -3.70. The van der Waals surface area contributed by atoms with E-state index >= 15 is 0 Å². The summed E-state index contributed by atoms with van der Waals surface area (Å²) in [4.78, 5) is 2.47. The Hall–Kier alpha value is -3.12. The molecule has 6 heteroatoms. The minimum Gasteiger partial charge on any atom is -0.366 e. The lowest BCUT2D eigenvalue weighted by Gasteiger charge is -2.30. The zero-order valence-electron chi connectivity index (χ0n) is 19.6. The third-order valence-corrected chi connectivity index (χ3v) is 7.62. The van der Waals surface area contributed by atoms with Gasteiger partial charge in [0.15, 0.2) is 0 Å². The number of hydrogen-bond donors (Lipinski definition) is 1. The van der Waals surface area contributed by atoms with Crippen LogP contribution in [0.1, 0.15) is 16.7 Å². The fraction of sp³-hybridized carbons (Fsp3) is 0.172. The van der Waals surface area contributed by atoms with Gasteiger partial charge < -0.3 is 4.90 Å². The molecule has 0 amide bonds. The molecule has 4 nitrogen and oxygen atoms in total. The van der Waals surface area contributed by atoms with Crippen molar-refractivity contribution in [1.29, 1.82) is 0 Å². The molecule has 0 aliphatic heterocycles. The predicted octanol–water partition coefficient (Wildman–Crippen LogP) is 6.24. The standard InChI is InChI=1S/C29H29ClN2O2S/c1-23-12-18-29(19-13-23)35(33,34)31-27(20-24-8-4-2-5-9-24)22-32(28-10-6-3-7-11-28)21-25-14-16-26(30)17-15-25/h2-19,27,31H,20-22H2,1H3/t27-/m0/s1. The molecule has 0 aliphatic rings. The molecule has 0 bridgehead atoms. The summed E-state index contributed by atoms with van der Waals surface area (Å²) in [6.07, 6.45) is 0.565. The van der Waals surface area contributed by atoms with E-state index in [2.05, 4.69) is 9.62 Å². The predicted molar refractivity (Wildman–Crippen MR) is 144 cm³/mol. The maximum absolute atomic E-state index is 13.3. The molecule has 4 aromatic carbocycles. The molecule has 0 saturated heterocycles. The number of nitrogens with zero attached hydrogens (tertiary/aromatic N) is 1. The van der Waals surface area contributed by atoms with E-state index in [4.69, 9.17) is 11.6 Å². The Morgan fingerprint density at radius 1 is 0.771 bits per heavy atom. The Morgan fingerprint density at radius 3 is 2.00 bits per heavy atom. The highest BCUT2D eigenvalue weighted by Crippen LogP contribution is 2.21. The van der Waals surface area contributed by atoms with Crippen LogP contribution >= 0.6 is 11.6 Å². The van der Waals surface area contributed by atoms with Gasteiger partial charge >= 0.3 is 0 Å². The van der Waals surface area contributed by atoms with E-state index in [-0.39, 0.29) is 10.9 Å². The molecule has 0 aliphatic carbocycles. The number of nitrogens with one attached hydrogen (secondary N) is 1. The van der Waals surface area contributed by atoms with Crippen molar-refractivity contribution >= 4 is 27.3 Å². The van der Waals surface area contributed by atoms with Crippen molar-refractivity contribution in [3.63, 3.8) is 0 Å². The SMILES string of the molecule is Cc1ccc(S(=O)(=O)N[C@@H](Cc2ccccc2)CN(Cc2ccc(Cl)cc2)c2ccccc2)cc1. The van der Waals surface area contributed by atoms with Gasteiger partial charge in [-0.05, 0) is 60.9 Å². The number of rotatable bonds is 10. The normalized spacial score (nSPS) is 12.3. The number of sulfonamides is 1. The van der Waals surface area contributed by atoms with E-state index in [1.54, 1.807) is 12.1 Å². The monoisotopic (exact) mass is 504 g/mol. The summed E-state index contributed by atoms with van der Waals surface area (Å²) in [6.45, 7) is 3.06. The molecule has 4 aromatic rings. The van der Waals surface area contributed by atoms with E-state index in [1.165, 1.54) is 0 Å². The van der Waals surface area contributed by atoms with Crippen LogP contribution in [0.25, 0.3) is 0 Å². The molecule has 35 heavy (non-hydrogen) atoms. The van der Waals surface area contributed by atoms with Gasteiger partial charge in [-0.25, -0.2) is 13.1 Å². The number of para-hydroxylation sites is 1. The molecule has 0 fully saturated rings. The van der Waals surface area contributed by atoms with Gasteiger partial charge in [0.1, 0.15) is 0 Å². The smallest absolute Gasteiger partial charge is 0.240 e. The third kappa shape index (κ3) is 7.18. The van der Waals surface area contributed by atoms with Crippen LogP contribution < -0.4 is 9.62 Å². The summed E-state index contributed by atoms with van der Waals surface area (Å²) in [5, 5.41) is 0.688. The second kappa shape index (κ2) is 11.5. The Kier molecular flexibility index (Phi) is 8.24. The molecule has 4 rings (SSSR count). The van der Waals surface area contributed by atoms with Gasteiger partial charge in [-0.2, -0.15) is 0 Å². The lowest BCUT2D eigenvalue weighted by Crippen LogP contribution is -2.45. The fourth-order valence-corrected chi connectivity index (χ4v) is 5.38. The average molecular weight is 505 g/mol. The van der Waals surface area contributed by atoms with Crippen LogP contribution in [-0.4, -0.2) is 21.0 Å². The summed E-state index contributed by atoms with van der Waals surface area (Å²) in [5.41, 5.74) is 4.21. The van der Waals surface area contributed by atoms with Crippen LogP contribution in [0.3, 0.4) is 0 Å². The molecule has 0 saturated carbocycles. The van der Waals surface area contributed by atoms with Gasteiger partial charge in [-0.15, -0.1) is 0 Å². The zero-order chi connectivity index (χ0) is 24.7. The lowest BCUT2D eigenvalue weighted by atomic mass is 10.1. The van der Waals surface area contributed by atoms with Gasteiger partial charge in [0.2, 0.25) is 10.0 Å². The van der Waals surface area contributed by atoms with E-state index in [9.17, 15) is 8.42 Å².